The van der Waals surface area contributed by atoms with Gasteiger partial charge in [0.05, 0.1) is 6.61 Å². The lowest BCUT2D eigenvalue weighted by Gasteiger charge is -2.15. The molecular formula is C10H15F2N3O. The van der Waals surface area contributed by atoms with Gasteiger partial charge < -0.3 is 15.8 Å². The van der Waals surface area contributed by atoms with Crippen LogP contribution >= 0.6 is 0 Å². The van der Waals surface area contributed by atoms with E-state index in [9.17, 15) is 8.78 Å². The Bertz CT molecular complexity index is 360. The molecule has 1 aromatic rings. The maximum atomic E-state index is 13.3. The van der Waals surface area contributed by atoms with Crippen molar-refractivity contribution >= 4 is 11.6 Å². The third-order valence-corrected chi connectivity index (χ3v) is 1.91. The van der Waals surface area contributed by atoms with E-state index in [0.717, 1.165) is 0 Å². The highest BCUT2D eigenvalue weighted by atomic mass is 19.1. The normalized spacial score (nSPS) is 12.5. The first-order chi connectivity index (χ1) is 7.54. The molecule has 16 heavy (non-hydrogen) atoms. The van der Waals surface area contributed by atoms with Gasteiger partial charge in [0.25, 0.3) is 0 Å². The van der Waals surface area contributed by atoms with Crippen molar-refractivity contribution in [1.82, 2.24) is 4.98 Å². The highest BCUT2D eigenvalue weighted by Gasteiger charge is 2.11. The first kappa shape index (κ1) is 12.6. The minimum Gasteiger partial charge on any atom is -0.381 e. The molecule has 0 spiro atoms. The summed E-state index contributed by atoms with van der Waals surface area (Å²) in [6.07, 6.45) is 0. The average Bonchev–Trinajstić information content (AvgIpc) is 2.23. The molecule has 1 unspecified atom stereocenters. The zero-order valence-corrected chi connectivity index (χ0v) is 9.26. The minimum absolute atomic E-state index is 0.0638. The molecule has 0 aliphatic heterocycles. The summed E-state index contributed by atoms with van der Waals surface area (Å²) in [6.45, 7) is 4.65. The van der Waals surface area contributed by atoms with Gasteiger partial charge in [0.2, 0.25) is 0 Å². The summed E-state index contributed by atoms with van der Waals surface area (Å²) in [7, 11) is 0. The van der Waals surface area contributed by atoms with Crippen LogP contribution in [0.5, 0.6) is 0 Å². The van der Waals surface area contributed by atoms with Gasteiger partial charge in [-0.3, -0.25) is 0 Å². The Morgan fingerprint density at radius 2 is 2.19 bits per heavy atom. The van der Waals surface area contributed by atoms with Gasteiger partial charge in [0, 0.05) is 18.7 Å². The van der Waals surface area contributed by atoms with E-state index in [4.69, 9.17) is 10.5 Å². The fourth-order valence-electron chi connectivity index (χ4n) is 1.15. The maximum Gasteiger partial charge on any atom is 0.168 e. The number of nitrogens with two attached hydrogens (primary N) is 1. The number of nitrogen functional groups attached to an aromatic ring is 1. The number of nitrogens with one attached hydrogen (secondary N) is 1. The third-order valence-electron chi connectivity index (χ3n) is 1.91. The molecule has 0 aliphatic carbocycles. The van der Waals surface area contributed by atoms with Crippen LogP contribution in [-0.2, 0) is 4.74 Å². The number of ether oxygens (including phenoxy) is 1. The lowest BCUT2D eigenvalue weighted by atomic mass is 10.3. The molecule has 1 heterocycles. The van der Waals surface area contributed by atoms with Crippen molar-refractivity contribution in [3.8, 4) is 0 Å². The van der Waals surface area contributed by atoms with Gasteiger partial charge in [-0.25, -0.2) is 13.8 Å². The molecule has 0 fully saturated rings. The van der Waals surface area contributed by atoms with Crippen molar-refractivity contribution in [2.45, 2.75) is 19.9 Å². The van der Waals surface area contributed by atoms with Gasteiger partial charge in [-0.2, -0.15) is 0 Å². The molecular weight excluding hydrogens is 216 g/mol. The predicted octanol–water partition coefficient (Wildman–Crippen LogP) is 1.78. The monoisotopic (exact) mass is 231 g/mol. The summed E-state index contributed by atoms with van der Waals surface area (Å²) in [4.78, 5) is 3.58. The van der Waals surface area contributed by atoms with Crippen molar-refractivity contribution in [3.05, 3.63) is 17.7 Å². The number of anilines is 2. The molecule has 4 nitrogen and oxygen atoms in total. The lowest BCUT2D eigenvalue weighted by Crippen LogP contribution is -2.23. The molecule has 90 valence electrons. The quantitative estimate of drug-likeness (QED) is 0.811. The van der Waals surface area contributed by atoms with Gasteiger partial charge in [0.15, 0.2) is 23.3 Å². The van der Waals surface area contributed by atoms with Crippen LogP contribution < -0.4 is 11.1 Å². The zero-order chi connectivity index (χ0) is 12.1. The second-order valence-electron chi connectivity index (χ2n) is 3.39. The summed E-state index contributed by atoms with van der Waals surface area (Å²) >= 11 is 0. The van der Waals surface area contributed by atoms with Gasteiger partial charge in [-0.15, -0.1) is 0 Å². The van der Waals surface area contributed by atoms with Crippen LogP contribution in [0.25, 0.3) is 0 Å². The first-order valence-corrected chi connectivity index (χ1v) is 5.00. The lowest BCUT2D eigenvalue weighted by molar-refractivity contribution is 0.141. The molecule has 1 aromatic heterocycles. The van der Waals surface area contributed by atoms with E-state index < -0.39 is 11.6 Å². The molecule has 3 N–H and O–H groups in total. The number of rotatable bonds is 5. The van der Waals surface area contributed by atoms with Gasteiger partial charge in [-0.1, -0.05) is 0 Å². The molecule has 0 amide bonds. The highest BCUT2D eigenvalue weighted by molar-refractivity contribution is 5.45. The summed E-state index contributed by atoms with van der Waals surface area (Å²) in [6, 6.07) is 0.574. The fourth-order valence-corrected chi connectivity index (χ4v) is 1.15. The largest absolute Gasteiger partial charge is 0.381 e. The number of hydrogen-bond donors (Lipinski definition) is 2. The van der Waals surface area contributed by atoms with E-state index in [-0.39, 0.29) is 17.7 Å². The van der Waals surface area contributed by atoms with E-state index in [2.05, 4.69) is 10.3 Å². The highest BCUT2D eigenvalue weighted by Crippen LogP contribution is 2.17. The van der Waals surface area contributed by atoms with Crippen molar-refractivity contribution in [1.29, 1.82) is 0 Å². The summed E-state index contributed by atoms with van der Waals surface area (Å²) in [5.41, 5.74) is 5.24. The van der Waals surface area contributed by atoms with E-state index in [1.165, 1.54) is 0 Å². The number of pyridine rings is 1. The van der Waals surface area contributed by atoms with Gasteiger partial charge >= 0.3 is 0 Å². The van der Waals surface area contributed by atoms with E-state index >= 15 is 0 Å². The molecule has 6 heteroatoms. The Labute approximate surface area is 92.8 Å². The molecule has 0 bridgehead atoms. The number of nitrogens with zero attached hydrogens (tertiary/aromatic N) is 1. The molecule has 1 rings (SSSR count). The second-order valence-corrected chi connectivity index (χ2v) is 3.39. The summed E-state index contributed by atoms with van der Waals surface area (Å²) in [5, 5.41) is 2.76. The van der Waals surface area contributed by atoms with Crippen molar-refractivity contribution in [2.24, 2.45) is 0 Å². The number of aromatic nitrogens is 1. The zero-order valence-electron chi connectivity index (χ0n) is 9.26. The van der Waals surface area contributed by atoms with Crippen LogP contribution in [0.2, 0.25) is 0 Å². The molecule has 1 atom stereocenters. The Morgan fingerprint density at radius 3 is 2.81 bits per heavy atom. The predicted molar refractivity (Wildman–Crippen MR) is 58.1 cm³/mol. The van der Waals surface area contributed by atoms with Crippen molar-refractivity contribution < 1.29 is 13.5 Å². The first-order valence-electron chi connectivity index (χ1n) is 5.00. The van der Waals surface area contributed by atoms with Crippen LogP contribution in [0.3, 0.4) is 0 Å². The van der Waals surface area contributed by atoms with Gasteiger partial charge in [-0.05, 0) is 13.8 Å². The van der Waals surface area contributed by atoms with Crippen molar-refractivity contribution in [3.63, 3.8) is 0 Å². The van der Waals surface area contributed by atoms with Crippen molar-refractivity contribution in [2.75, 3.05) is 24.3 Å². The molecule has 0 saturated heterocycles. The maximum absolute atomic E-state index is 13.3. The Morgan fingerprint density at radius 1 is 1.50 bits per heavy atom. The molecule has 0 saturated carbocycles. The standard InChI is InChI=1S/C10H15F2N3O/c1-3-16-5-6(2)14-10-8(12)4-7(11)9(13)15-10/h4,6H,3,5H2,1-2H3,(H3,13,14,15). The molecule has 0 aromatic carbocycles. The van der Waals surface area contributed by atoms with Crippen LogP contribution in [0.4, 0.5) is 20.4 Å². The number of hydrogen-bond acceptors (Lipinski definition) is 4. The van der Waals surface area contributed by atoms with Crippen LogP contribution in [0, 0.1) is 11.6 Å². The Balaban J connectivity index is 2.69. The molecule has 0 radical (unpaired) electrons. The fraction of sp³-hybridized carbons (Fsp3) is 0.500. The van der Waals surface area contributed by atoms with Crippen LogP contribution in [0.15, 0.2) is 6.07 Å². The smallest absolute Gasteiger partial charge is 0.168 e. The molecule has 0 aliphatic rings. The summed E-state index contributed by atoms with van der Waals surface area (Å²) < 4.78 is 31.2. The Hall–Kier alpha value is -1.43. The topological polar surface area (TPSA) is 60.2 Å². The minimum atomic E-state index is -0.861. The van der Waals surface area contributed by atoms with E-state index in [1.54, 1.807) is 6.92 Å². The third kappa shape index (κ3) is 3.30. The summed E-state index contributed by atoms with van der Waals surface area (Å²) in [5.74, 6) is -2.02. The number of halogens is 2. The van der Waals surface area contributed by atoms with Crippen LogP contribution in [-0.4, -0.2) is 24.2 Å². The second kappa shape index (κ2) is 5.60. The average molecular weight is 231 g/mol. The van der Waals surface area contributed by atoms with E-state index in [1.807, 2.05) is 6.92 Å². The van der Waals surface area contributed by atoms with Crippen LogP contribution in [0.1, 0.15) is 13.8 Å². The SMILES string of the molecule is CCOCC(C)Nc1nc(N)c(F)cc1F. The van der Waals surface area contributed by atoms with E-state index in [0.29, 0.717) is 19.3 Å². The van der Waals surface area contributed by atoms with Gasteiger partial charge in [0.1, 0.15) is 0 Å². The Kier molecular flexibility index (Phi) is 4.42.